The second-order valence-corrected chi connectivity index (χ2v) is 5.30. The van der Waals surface area contributed by atoms with E-state index in [1.54, 1.807) is 6.07 Å². The highest BCUT2D eigenvalue weighted by atomic mass is 16.5. The van der Waals surface area contributed by atoms with Gasteiger partial charge in [-0.1, -0.05) is 19.4 Å². The molecule has 0 saturated carbocycles. The number of unbranched alkanes of at least 4 members (excludes halogenated alkanes) is 1. The van der Waals surface area contributed by atoms with Gasteiger partial charge in [0.15, 0.2) is 0 Å². The molecular formula is C16H22N2O4. The summed E-state index contributed by atoms with van der Waals surface area (Å²) in [6.07, 6.45) is 0.969. The third kappa shape index (κ3) is 4.13. The summed E-state index contributed by atoms with van der Waals surface area (Å²) in [4.78, 5) is 26.4. The van der Waals surface area contributed by atoms with E-state index in [-0.39, 0.29) is 5.97 Å². The Morgan fingerprint density at radius 3 is 2.59 bits per heavy atom. The van der Waals surface area contributed by atoms with Gasteiger partial charge in [-0.3, -0.25) is 0 Å². The van der Waals surface area contributed by atoms with Crippen LogP contribution < -0.4 is 4.90 Å². The molecule has 0 spiro atoms. The quantitative estimate of drug-likeness (QED) is 0.668. The van der Waals surface area contributed by atoms with Gasteiger partial charge in [-0.2, -0.15) is 0 Å². The predicted octanol–water partition coefficient (Wildman–Crippen LogP) is 2.44. The number of ether oxygens (including phenoxy) is 1. The number of carbonyl (C=O) groups excluding carboxylic acids is 1. The number of nitrogens with zero attached hydrogens (tertiary/aromatic N) is 2. The van der Waals surface area contributed by atoms with E-state index >= 15 is 0 Å². The van der Waals surface area contributed by atoms with Crippen molar-refractivity contribution in [2.75, 3.05) is 37.7 Å². The Kier molecular flexibility index (Phi) is 5.63. The van der Waals surface area contributed by atoms with Crippen LogP contribution in [0.2, 0.25) is 0 Å². The third-order valence-corrected chi connectivity index (χ3v) is 3.73. The first kappa shape index (κ1) is 16.1. The number of hydrogen-bond acceptors (Lipinski definition) is 4. The third-order valence-electron chi connectivity index (χ3n) is 3.73. The molecule has 2 rings (SSSR count). The number of hydrogen-bond donors (Lipinski definition) is 1. The number of piperazine rings is 1. The standard InChI is InChI=1S/C16H22N2O4/c1-2-3-11-22-15(19)13-5-4-6-14(12-13)17-7-9-18(10-8-17)16(20)21/h4-6,12H,2-3,7-11H2,1H3,(H,20,21). The summed E-state index contributed by atoms with van der Waals surface area (Å²) in [6.45, 7) is 4.68. The van der Waals surface area contributed by atoms with Crippen molar-refractivity contribution < 1.29 is 19.4 Å². The summed E-state index contributed by atoms with van der Waals surface area (Å²) in [6, 6.07) is 7.31. The zero-order chi connectivity index (χ0) is 15.9. The number of amides is 1. The number of esters is 1. The minimum absolute atomic E-state index is 0.306. The molecule has 1 heterocycles. The number of carbonyl (C=O) groups is 2. The molecule has 0 aliphatic carbocycles. The van der Waals surface area contributed by atoms with E-state index in [0.29, 0.717) is 38.3 Å². The molecule has 1 aliphatic heterocycles. The minimum Gasteiger partial charge on any atom is -0.465 e. The van der Waals surface area contributed by atoms with Crippen molar-refractivity contribution in [3.8, 4) is 0 Å². The molecule has 1 amide bonds. The Bertz CT molecular complexity index is 525. The fraction of sp³-hybridized carbons (Fsp3) is 0.500. The second kappa shape index (κ2) is 7.68. The smallest absolute Gasteiger partial charge is 0.407 e. The first-order valence-electron chi connectivity index (χ1n) is 7.62. The highest BCUT2D eigenvalue weighted by Gasteiger charge is 2.21. The van der Waals surface area contributed by atoms with Gasteiger partial charge in [-0.05, 0) is 24.6 Å². The monoisotopic (exact) mass is 306 g/mol. The van der Waals surface area contributed by atoms with E-state index in [1.807, 2.05) is 25.1 Å². The first-order chi connectivity index (χ1) is 10.6. The highest BCUT2D eigenvalue weighted by Crippen LogP contribution is 2.19. The van der Waals surface area contributed by atoms with Crippen LogP contribution in [0.3, 0.4) is 0 Å². The van der Waals surface area contributed by atoms with Gasteiger partial charge in [-0.15, -0.1) is 0 Å². The zero-order valence-electron chi connectivity index (χ0n) is 12.8. The van der Waals surface area contributed by atoms with Crippen molar-refractivity contribution in [3.05, 3.63) is 29.8 Å². The van der Waals surface area contributed by atoms with Crippen molar-refractivity contribution in [1.29, 1.82) is 0 Å². The van der Waals surface area contributed by atoms with Gasteiger partial charge in [0.05, 0.1) is 12.2 Å². The van der Waals surface area contributed by atoms with E-state index in [9.17, 15) is 9.59 Å². The topological polar surface area (TPSA) is 70.1 Å². The summed E-state index contributed by atoms with van der Waals surface area (Å²) in [7, 11) is 0. The minimum atomic E-state index is -0.882. The fourth-order valence-corrected chi connectivity index (χ4v) is 2.38. The largest absolute Gasteiger partial charge is 0.465 e. The van der Waals surface area contributed by atoms with E-state index in [0.717, 1.165) is 18.5 Å². The van der Waals surface area contributed by atoms with Gasteiger partial charge in [0, 0.05) is 31.9 Å². The Hall–Kier alpha value is -2.24. The van der Waals surface area contributed by atoms with Crippen LogP contribution in [-0.2, 0) is 4.74 Å². The molecule has 0 unspecified atom stereocenters. The summed E-state index contributed by atoms with van der Waals surface area (Å²) < 4.78 is 5.22. The van der Waals surface area contributed by atoms with Crippen molar-refractivity contribution in [3.63, 3.8) is 0 Å². The molecule has 6 heteroatoms. The SMILES string of the molecule is CCCCOC(=O)c1cccc(N2CCN(C(=O)O)CC2)c1. The summed E-state index contributed by atoms with van der Waals surface area (Å²) in [5.41, 5.74) is 1.46. The molecule has 120 valence electrons. The zero-order valence-corrected chi connectivity index (χ0v) is 12.8. The molecule has 1 aromatic carbocycles. The van der Waals surface area contributed by atoms with Crippen LogP contribution in [0.4, 0.5) is 10.5 Å². The van der Waals surface area contributed by atoms with E-state index in [2.05, 4.69) is 4.90 Å². The lowest BCUT2D eigenvalue weighted by Gasteiger charge is -2.34. The van der Waals surface area contributed by atoms with Crippen molar-refractivity contribution >= 4 is 17.7 Å². The van der Waals surface area contributed by atoms with Gasteiger partial charge < -0.3 is 19.6 Å². The molecular weight excluding hydrogens is 284 g/mol. The Morgan fingerprint density at radius 1 is 1.23 bits per heavy atom. The first-order valence-corrected chi connectivity index (χ1v) is 7.62. The molecule has 22 heavy (non-hydrogen) atoms. The average molecular weight is 306 g/mol. The van der Waals surface area contributed by atoms with Crippen LogP contribution >= 0.6 is 0 Å². The van der Waals surface area contributed by atoms with Crippen LogP contribution in [0.5, 0.6) is 0 Å². The Labute approximate surface area is 130 Å². The number of benzene rings is 1. The number of carboxylic acid groups (broad SMARTS) is 1. The van der Waals surface area contributed by atoms with E-state index < -0.39 is 6.09 Å². The normalized spacial score (nSPS) is 14.8. The second-order valence-electron chi connectivity index (χ2n) is 5.30. The maximum atomic E-state index is 12.0. The summed E-state index contributed by atoms with van der Waals surface area (Å²) in [5.74, 6) is -0.306. The Balaban J connectivity index is 1.97. The molecule has 0 aromatic heterocycles. The molecule has 1 aliphatic rings. The molecule has 1 N–H and O–H groups in total. The van der Waals surface area contributed by atoms with Crippen molar-refractivity contribution in [2.24, 2.45) is 0 Å². The van der Waals surface area contributed by atoms with Gasteiger partial charge >= 0.3 is 12.1 Å². The molecule has 0 radical (unpaired) electrons. The maximum absolute atomic E-state index is 12.0. The fourth-order valence-electron chi connectivity index (χ4n) is 2.38. The molecule has 1 aromatic rings. The van der Waals surface area contributed by atoms with Crippen LogP contribution in [0.25, 0.3) is 0 Å². The van der Waals surface area contributed by atoms with Crippen molar-refractivity contribution in [2.45, 2.75) is 19.8 Å². The van der Waals surface area contributed by atoms with Crippen LogP contribution in [-0.4, -0.2) is 54.9 Å². The van der Waals surface area contributed by atoms with Crippen molar-refractivity contribution in [1.82, 2.24) is 4.90 Å². The van der Waals surface area contributed by atoms with Gasteiger partial charge in [0.25, 0.3) is 0 Å². The lowest BCUT2D eigenvalue weighted by molar-refractivity contribution is 0.0499. The predicted molar refractivity (Wildman–Crippen MR) is 83.4 cm³/mol. The van der Waals surface area contributed by atoms with Crippen LogP contribution in [0, 0.1) is 0 Å². The molecule has 0 atom stereocenters. The maximum Gasteiger partial charge on any atom is 0.407 e. The molecule has 6 nitrogen and oxygen atoms in total. The summed E-state index contributed by atoms with van der Waals surface area (Å²) in [5, 5.41) is 8.96. The van der Waals surface area contributed by atoms with E-state index in [1.165, 1.54) is 4.90 Å². The van der Waals surface area contributed by atoms with Gasteiger partial charge in [0.1, 0.15) is 0 Å². The number of rotatable bonds is 5. The number of anilines is 1. The average Bonchev–Trinajstić information content (AvgIpc) is 2.55. The molecule has 0 bridgehead atoms. The van der Waals surface area contributed by atoms with Gasteiger partial charge in [0.2, 0.25) is 0 Å². The highest BCUT2D eigenvalue weighted by molar-refractivity contribution is 5.90. The lowest BCUT2D eigenvalue weighted by atomic mass is 10.1. The lowest BCUT2D eigenvalue weighted by Crippen LogP contribution is -2.48. The van der Waals surface area contributed by atoms with Crippen LogP contribution in [0.15, 0.2) is 24.3 Å². The molecule has 1 saturated heterocycles. The van der Waals surface area contributed by atoms with Crippen LogP contribution in [0.1, 0.15) is 30.1 Å². The Morgan fingerprint density at radius 2 is 1.95 bits per heavy atom. The van der Waals surface area contributed by atoms with Gasteiger partial charge in [-0.25, -0.2) is 9.59 Å². The summed E-state index contributed by atoms with van der Waals surface area (Å²) >= 11 is 0. The molecule has 1 fully saturated rings. The van der Waals surface area contributed by atoms with E-state index in [4.69, 9.17) is 9.84 Å².